The molecule has 0 saturated heterocycles. The summed E-state index contributed by atoms with van der Waals surface area (Å²) in [5.41, 5.74) is 2.12. The molecule has 1 aromatic heterocycles. The number of aromatic nitrogens is 2. The standard InChI is InChI=1S/C18H25N3O2/c1-14(2)12-23-11-8-18(22)20-15(3)16-4-6-17(7-5-16)21-10-9-19-13-21/h4-7,9-10,13-15H,8,11-12H2,1-3H3,(H,20,22). The van der Waals surface area contributed by atoms with Crippen molar-refractivity contribution in [3.05, 3.63) is 48.5 Å². The van der Waals surface area contributed by atoms with Crippen molar-refractivity contribution in [1.82, 2.24) is 14.9 Å². The first-order valence-corrected chi connectivity index (χ1v) is 8.01. The SMILES string of the molecule is CC(C)COCCC(=O)NC(C)c1ccc(-n2ccnc2)cc1. The predicted molar refractivity (Wildman–Crippen MR) is 90.4 cm³/mol. The van der Waals surface area contributed by atoms with Crippen LogP contribution in [0.4, 0.5) is 0 Å². The zero-order valence-electron chi connectivity index (χ0n) is 14.0. The van der Waals surface area contributed by atoms with Gasteiger partial charge in [-0.15, -0.1) is 0 Å². The van der Waals surface area contributed by atoms with Gasteiger partial charge in [-0.2, -0.15) is 0 Å². The first kappa shape index (κ1) is 17.2. The van der Waals surface area contributed by atoms with E-state index in [1.807, 2.05) is 42.0 Å². The molecule has 0 aliphatic carbocycles. The maximum absolute atomic E-state index is 11.9. The molecule has 1 heterocycles. The molecule has 0 bridgehead atoms. The summed E-state index contributed by atoms with van der Waals surface area (Å²) in [6, 6.07) is 8.06. The van der Waals surface area contributed by atoms with E-state index in [2.05, 4.69) is 24.1 Å². The van der Waals surface area contributed by atoms with Gasteiger partial charge in [0.1, 0.15) is 0 Å². The molecule has 1 unspecified atom stereocenters. The Kier molecular flexibility index (Phi) is 6.35. The predicted octanol–water partition coefficient (Wildman–Crippen LogP) is 3.11. The fourth-order valence-corrected chi connectivity index (χ4v) is 2.23. The number of hydrogen-bond donors (Lipinski definition) is 1. The second kappa shape index (κ2) is 8.48. The Labute approximate surface area is 137 Å². The molecule has 5 nitrogen and oxygen atoms in total. The van der Waals surface area contributed by atoms with E-state index in [1.54, 1.807) is 12.5 Å². The fourth-order valence-electron chi connectivity index (χ4n) is 2.23. The Hall–Kier alpha value is -2.14. The van der Waals surface area contributed by atoms with E-state index in [1.165, 1.54) is 0 Å². The molecule has 1 aromatic carbocycles. The Morgan fingerprint density at radius 1 is 1.26 bits per heavy atom. The van der Waals surface area contributed by atoms with Crippen molar-refractivity contribution in [3.63, 3.8) is 0 Å². The first-order chi connectivity index (χ1) is 11.1. The van der Waals surface area contributed by atoms with Crippen LogP contribution >= 0.6 is 0 Å². The summed E-state index contributed by atoms with van der Waals surface area (Å²) in [6.45, 7) is 7.33. The quantitative estimate of drug-likeness (QED) is 0.762. The monoisotopic (exact) mass is 315 g/mol. The van der Waals surface area contributed by atoms with Crippen molar-refractivity contribution in [2.24, 2.45) is 5.92 Å². The molecule has 5 heteroatoms. The molecule has 0 spiro atoms. The number of rotatable bonds is 8. The minimum atomic E-state index is -0.0237. The highest BCUT2D eigenvalue weighted by Gasteiger charge is 2.10. The molecule has 0 fully saturated rings. The third-order valence-electron chi connectivity index (χ3n) is 3.50. The number of carbonyl (C=O) groups excluding carboxylic acids is 1. The van der Waals surface area contributed by atoms with Crippen LogP contribution in [0, 0.1) is 5.92 Å². The van der Waals surface area contributed by atoms with Crippen LogP contribution in [0.2, 0.25) is 0 Å². The Balaban J connectivity index is 1.81. The van der Waals surface area contributed by atoms with E-state index in [-0.39, 0.29) is 11.9 Å². The van der Waals surface area contributed by atoms with Crippen LogP contribution in [-0.4, -0.2) is 28.7 Å². The van der Waals surface area contributed by atoms with Crippen molar-refractivity contribution >= 4 is 5.91 Å². The average molecular weight is 315 g/mol. The van der Waals surface area contributed by atoms with Gasteiger partial charge in [-0.1, -0.05) is 26.0 Å². The summed E-state index contributed by atoms with van der Waals surface area (Å²) < 4.78 is 7.38. The minimum Gasteiger partial charge on any atom is -0.381 e. The van der Waals surface area contributed by atoms with Crippen LogP contribution in [0.1, 0.15) is 38.8 Å². The van der Waals surface area contributed by atoms with Crippen LogP contribution in [0.25, 0.3) is 5.69 Å². The van der Waals surface area contributed by atoms with Crippen molar-refractivity contribution < 1.29 is 9.53 Å². The van der Waals surface area contributed by atoms with Crippen molar-refractivity contribution in [2.75, 3.05) is 13.2 Å². The molecule has 2 rings (SSSR count). The van der Waals surface area contributed by atoms with Crippen LogP contribution in [0.3, 0.4) is 0 Å². The normalized spacial score (nSPS) is 12.3. The van der Waals surface area contributed by atoms with Crippen molar-refractivity contribution in [1.29, 1.82) is 0 Å². The number of carbonyl (C=O) groups is 1. The molecule has 1 amide bonds. The summed E-state index contributed by atoms with van der Waals surface area (Å²) in [7, 11) is 0. The summed E-state index contributed by atoms with van der Waals surface area (Å²) in [6.07, 6.45) is 5.80. The lowest BCUT2D eigenvalue weighted by Gasteiger charge is -2.15. The van der Waals surface area contributed by atoms with Crippen LogP contribution in [0.15, 0.2) is 43.0 Å². The highest BCUT2D eigenvalue weighted by atomic mass is 16.5. The molecule has 2 aromatic rings. The third-order valence-corrected chi connectivity index (χ3v) is 3.50. The summed E-state index contributed by atoms with van der Waals surface area (Å²) in [5.74, 6) is 0.505. The second-order valence-corrected chi connectivity index (χ2v) is 6.07. The van der Waals surface area contributed by atoms with E-state index >= 15 is 0 Å². The Bertz CT molecular complexity index is 591. The molecule has 23 heavy (non-hydrogen) atoms. The second-order valence-electron chi connectivity index (χ2n) is 6.07. The maximum Gasteiger partial charge on any atom is 0.222 e. The van der Waals surface area contributed by atoms with Gasteiger partial charge >= 0.3 is 0 Å². The lowest BCUT2D eigenvalue weighted by Crippen LogP contribution is -2.27. The number of nitrogens with one attached hydrogen (secondary N) is 1. The van der Waals surface area contributed by atoms with E-state index in [0.29, 0.717) is 25.6 Å². The van der Waals surface area contributed by atoms with E-state index in [9.17, 15) is 4.79 Å². The van der Waals surface area contributed by atoms with Gasteiger partial charge in [-0.25, -0.2) is 4.98 Å². The van der Waals surface area contributed by atoms with E-state index in [0.717, 1.165) is 11.3 Å². The summed E-state index contributed by atoms with van der Waals surface area (Å²) >= 11 is 0. The van der Waals surface area contributed by atoms with Crippen LogP contribution < -0.4 is 5.32 Å². The Morgan fingerprint density at radius 3 is 2.61 bits per heavy atom. The molecule has 0 saturated carbocycles. The maximum atomic E-state index is 11.9. The van der Waals surface area contributed by atoms with Gasteiger partial charge in [0.2, 0.25) is 5.91 Å². The molecule has 1 N–H and O–H groups in total. The lowest BCUT2D eigenvalue weighted by atomic mass is 10.1. The molecular weight excluding hydrogens is 290 g/mol. The van der Waals surface area contributed by atoms with Gasteiger partial charge < -0.3 is 14.6 Å². The molecule has 0 aliphatic rings. The zero-order chi connectivity index (χ0) is 16.7. The molecule has 0 aliphatic heterocycles. The summed E-state index contributed by atoms with van der Waals surface area (Å²) in [5, 5.41) is 3.00. The first-order valence-electron chi connectivity index (χ1n) is 8.01. The number of benzene rings is 1. The lowest BCUT2D eigenvalue weighted by molar-refractivity contribution is -0.122. The summed E-state index contributed by atoms with van der Waals surface area (Å²) in [4.78, 5) is 16.0. The Morgan fingerprint density at radius 2 is 2.00 bits per heavy atom. The molecule has 0 radical (unpaired) electrons. The van der Waals surface area contributed by atoms with Crippen LogP contribution in [0.5, 0.6) is 0 Å². The van der Waals surface area contributed by atoms with E-state index < -0.39 is 0 Å². The number of hydrogen-bond acceptors (Lipinski definition) is 3. The van der Waals surface area contributed by atoms with Gasteiger partial charge in [0.05, 0.1) is 19.0 Å². The third kappa shape index (κ3) is 5.53. The number of amides is 1. The van der Waals surface area contributed by atoms with Crippen molar-refractivity contribution in [3.8, 4) is 5.69 Å². The molecule has 1 atom stereocenters. The van der Waals surface area contributed by atoms with Gasteiger partial charge in [0.15, 0.2) is 0 Å². The average Bonchev–Trinajstić information content (AvgIpc) is 3.06. The number of ether oxygens (including phenoxy) is 1. The topological polar surface area (TPSA) is 56.1 Å². The van der Waals surface area contributed by atoms with E-state index in [4.69, 9.17) is 4.74 Å². The highest BCUT2D eigenvalue weighted by molar-refractivity contribution is 5.76. The molecule has 124 valence electrons. The van der Waals surface area contributed by atoms with Gasteiger partial charge in [0.25, 0.3) is 0 Å². The molecular formula is C18H25N3O2. The smallest absolute Gasteiger partial charge is 0.222 e. The van der Waals surface area contributed by atoms with Gasteiger partial charge in [0, 0.05) is 31.1 Å². The zero-order valence-corrected chi connectivity index (χ0v) is 14.0. The number of imidazole rings is 1. The largest absolute Gasteiger partial charge is 0.381 e. The van der Waals surface area contributed by atoms with Gasteiger partial charge in [-0.3, -0.25) is 4.79 Å². The number of nitrogens with zero attached hydrogens (tertiary/aromatic N) is 2. The minimum absolute atomic E-state index is 0.0138. The van der Waals surface area contributed by atoms with Crippen molar-refractivity contribution in [2.45, 2.75) is 33.2 Å². The van der Waals surface area contributed by atoms with Gasteiger partial charge in [-0.05, 0) is 30.5 Å². The highest BCUT2D eigenvalue weighted by Crippen LogP contribution is 2.15. The van der Waals surface area contributed by atoms with Crippen LogP contribution in [-0.2, 0) is 9.53 Å². The fraction of sp³-hybridized carbons (Fsp3) is 0.444.